The van der Waals surface area contributed by atoms with Crippen molar-refractivity contribution in [3.63, 3.8) is 0 Å². The second kappa shape index (κ2) is 9.88. The molecule has 1 N–H and O–H groups in total. The third-order valence-corrected chi connectivity index (χ3v) is 5.89. The van der Waals surface area contributed by atoms with Crippen LogP contribution in [0.1, 0.15) is 25.2 Å². The molecule has 1 aliphatic heterocycles. The van der Waals surface area contributed by atoms with Gasteiger partial charge in [-0.2, -0.15) is 0 Å². The van der Waals surface area contributed by atoms with Crippen molar-refractivity contribution in [2.24, 2.45) is 0 Å². The van der Waals surface area contributed by atoms with Crippen LogP contribution in [0.5, 0.6) is 5.75 Å². The lowest BCUT2D eigenvalue weighted by Crippen LogP contribution is -2.44. The molecule has 0 saturated carbocycles. The van der Waals surface area contributed by atoms with Gasteiger partial charge in [-0.25, -0.2) is 4.98 Å². The average molecular weight is 440 g/mol. The third kappa shape index (κ3) is 5.39. The zero-order valence-electron chi connectivity index (χ0n) is 17.5. The summed E-state index contributed by atoms with van der Waals surface area (Å²) in [7, 11) is 1.67. The number of ether oxygens (including phenoxy) is 1. The summed E-state index contributed by atoms with van der Waals surface area (Å²) in [4.78, 5) is 19.0. The third-order valence-electron chi connectivity index (χ3n) is 5.56. The van der Waals surface area contributed by atoms with E-state index in [0.717, 1.165) is 37.2 Å². The first kappa shape index (κ1) is 21.2. The maximum atomic E-state index is 12.4. The van der Waals surface area contributed by atoms with E-state index in [0.29, 0.717) is 29.5 Å². The number of halogens is 1. The van der Waals surface area contributed by atoms with Crippen molar-refractivity contribution >= 4 is 23.2 Å². The summed E-state index contributed by atoms with van der Waals surface area (Å²) in [5.41, 5.74) is 1.99. The molecule has 7 heteroatoms. The molecule has 31 heavy (non-hydrogen) atoms. The SMILES string of the molecule is COc1ccc(N2CCC(NC(=O)CCc3ncc(-c4ccccc4Cl)o3)CC2)cc1. The van der Waals surface area contributed by atoms with E-state index in [1.165, 1.54) is 5.69 Å². The number of hydrogen-bond donors (Lipinski definition) is 1. The lowest BCUT2D eigenvalue weighted by atomic mass is 10.0. The van der Waals surface area contributed by atoms with Crippen LogP contribution in [-0.2, 0) is 11.2 Å². The fourth-order valence-electron chi connectivity index (χ4n) is 3.81. The van der Waals surface area contributed by atoms with Crippen molar-refractivity contribution in [2.75, 3.05) is 25.1 Å². The standard InChI is InChI=1S/C24H26ClN3O3/c1-30-19-8-6-18(7-9-19)28-14-12-17(13-15-28)27-23(29)10-11-24-26-16-22(31-24)20-4-2-3-5-21(20)25/h2-9,16-17H,10-15H2,1H3,(H,27,29). The van der Waals surface area contributed by atoms with E-state index in [1.807, 2.05) is 36.4 Å². The Kier molecular flexibility index (Phi) is 6.77. The van der Waals surface area contributed by atoms with Gasteiger partial charge in [-0.05, 0) is 49.2 Å². The van der Waals surface area contributed by atoms with Gasteiger partial charge in [0.05, 0.1) is 18.3 Å². The highest BCUT2D eigenvalue weighted by Gasteiger charge is 2.21. The van der Waals surface area contributed by atoms with Gasteiger partial charge in [0.25, 0.3) is 0 Å². The van der Waals surface area contributed by atoms with Gasteiger partial charge < -0.3 is 19.4 Å². The molecule has 1 fully saturated rings. The van der Waals surface area contributed by atoms with E-state index in [-0.39, 0.29) is 11.9 Å². The van der Waals surface area contributed by atoms with Crippen LogP contribution in [0.25, 0.3) is 11.3 Å². The molecule has 0 radical (unpaired) electrons. The summed E-state index contributed by atoms with van der Waals surface area (Å²) in [6, 6.07) is 15.8. The zero-order valence-corrected chi connectivity index (χ0v) is 18.3. The van der Waals surface area contributed by atoms with Crippen LogP contribution < -0.4 is 15.0 Å². The van der Waals surface area contributed by atoms with Crippen LogP contribution in [0.4, 0.5) is 5.69 Å². The molecule has 0 spiro atoms. The summed E-state index contributed by atoms with van der Waals surface area (Å²) in [6.45, 7) is 1.83. The molecule has 2 heterocycles. The predicted octanol–water partition coefficient (Wildman–Crippen LogP) is 4.72. The summed E-state index contributed by atoms with van der Waals surface area (Å²) in [5, 5.41) is 3.77. The average Bonchev–Trinajstić information content (AvgIpc) is 3.27. The zero-order chi connectivity index (χ0) is 21.6. The molecule has 2 aromatic carbocycles. The van der Waals surface area contributed by atoms with Gasteiger partial charge in [-0.1, -0.05) is 23.7 Å². The second-order valence-electron chi connectivity index (χ2n) is 7.62. The smallest absolute Gasteiger partial charge is 0.220 e. The number of amides is 1. The highest BCUT2D eigenvalue weighted by Crippen LogP contribution is 2.28. The largest absolute Gasteiger partial charge is 0.497 e. The first-order chi connectivity index (χ1) is 15.1. The Morgan fingerprint density at radius 2 is 1.94 bits per heavy atom. The fraction of sp³-hybridized carbons (Fsp3) is 0.333. The fourth-order valence-corrected chi connectivity index (χ4v) is 4.04. The molecule has 0 unspecified atom stereocenters. The minimum atomic E-state index is 0.0281. The first-order valence-electron chi connectivity index (χ1n) is 10.5. The molecule has 1 amide bonds. The number of piperidine rings is 1. The molecule has 6 nitrogen and oxygen atoms in total. The topological polar surface area (TPSA) is 67.6 Å². The van der Waals surface area contributed by atoms with Crippen LogP contribution in [0.3, 0.4) is 0 Å². The van der Waals surface area contributed by atoms with Gasteiger partial charge in [-0.15, -0.1) is 0 Å². The normalized spacial score (nSPS) is 14.5. The van der Waals surface area contributed by atoms with Gasteiger partial charge in [0.1, 0.15) is 5.75 Å². The minimum Gasteiger partial charge on any atom is -0.497 e. The molecule has 162 valence electrons. The number of carbonyl (C=O) groups excluding carboxylic acids is 1. The predicted molar refractivity (Wildman–Crippen MR) is 122 cm³/mol. The summed E-state index contributed by atoms with van der Waals surface area (Å²) < 4.78 is 11.0. The van der Waals surface area contributed by atoms with Gasteiger partial charge in [0, 0.05) is 43.2 Å². The second-order valence-corrected chi connectivity index (χ2v) is 8.03. The number of benzene rings is 2. The molecule has 1 saturated heterocycles. The van der Waals surface area contributed by atoms with Crippen LogP contribution in [0.2, 0.25) is 5.02 Å². The molecule has 4 rings (SSSR count). The lowest BCUT2D eigenvalue weighted by Gasteiger charge is -2.34. The monoisotopic (exact) mass is 439 g/mol. The number of carbonyl (C=O) groups is 1. The molecular formula is C24H26ClN3O3. The Hall–Kier alpha value is -2.99. The maximum Gasteiger partial charge on any atom is 0.220 e. The van der Waals surface area contributed by atoms with Crippen LogP contribution >= 0.6 is 11.6 Å². The molecule has 0 aliphatic carbocycles. The van der Waals surface area contributed by atoms with Gasteiger partial charge >= 0.3 is 0 Å². The molecule has 0 bridgehead atoms. The number of anilines is 1. The minimum absolute atomic E-state index is 0.0281. The Labute approximate surface area is 187 Å². The summed E-state index contributed by atoms with van der Waals surface area (Å²) in [5.74, 6) is 2.04. The number of nitrogens with one attached hydrogen (secondary N) is 1. The molecule has 3 aromatic rings. The van der Waals surface area contributed by atoms with Crippen molar-refractivity contribution < 1.29 is 13.9 Å². The Morgan fingerprint density at radius 3 is 2.65 bits per heavy atom. The number of nitrogens with zero attached hydrogens (tertiary/aromatic N) is 2. The van der Waals surface area contributed by atoms with Gasteiger partial charge in [0.2, 0.25) is 5.91 Å². The lowest BCUT2D eigenvalue weighted by molar-refractivity contribution is -0.122. The van der Waals surface area contributed by atoms with Crippen molar-refractivity contribution in [1.82, 2.24) is 10.3 Å². The van der Waals surface area contributed by atoms with E-state index < -0.39 is 0 Å². The summed E-state index contributed by atoms with van der Waals surface area (Å²) >= 11 is 6.21. The molecule has 0 atom stereocenters. The molecule has 1 aliphatic rings. The first-order valence-corrected chi connectivity index (χ1v) is 10.9. The van der Waals surface area contributed by atoms with Crippen LogP contribution in [-0.4, -0.2) is 37.1 Å². The van der Waals surface area contributed by atoms with Crippen molar-refractivity contribution in [3.8, 4) is 17.1 Å². The van der Waals surface area contributed by atoms with Crippen molar-refractivity contribution in [1.29, 1.82) is 0 Å². The van der Waals surface area contributed by atoms with Crippen LogP contribution in [0, 0.1) is 0 Å². The quantitative estimate of drug-likeness (QED) is 0.576. The van der Waals surface area contributed by atoms with E-state index in [9.17, 15) is 4.79 Å². The molecule has 1 aromatic heterocycles. The van der Waals surface area contributed by atoms with Crippen molar-refractivity contribution in [3.05, 3.63) is 65.6 Å². The Bertz CT molecular complexity index is 1010. The van der Waals surface area contributed by atoms with Crippen LogP contribution in [0.15, 0.2) is 59.1 Å². The number of aromatic nitrogens is 1. The van der Waals surface area contributed by atoms with E-state index in [1.54, 1.807) is 13.3 Å². The number of rotatable bonds is 7. The highest BCUT2D eigenvalue weighted by molar-refractivity contribution is 6.33. The maximum absolute atomic E-state index is 12.4. The molecular weight excluding hydrogens is 414 g/mol. The highest BCUT2D eigenvalue weighted by atomic mass is 35.5. The number of methoxy groups -OCH3 is 1. The van der Waals surface area contributed by atoms with Gasteiger partial charge in [-0.3, -0.25) is 4.79 Å². The van der Waals surface area contributed by atoms with E-state index in [4.69, 9.17) is 20.8 Å². The number of aryl methyl sites for hydroxylation is 1. The number of oxazole rings is 1. The Morgan fingerprint density at radius 1 is 1.19 bits per heavy atom. The van der Waals surface area contributed by atoms with Gasteiger partial charge in [0.15, 0.2) is 11.7 Å². The summed E-state index contributed by atoms with van der Waals surface area (Å²) in [6.07, 6.45) is 4.31. The van der Waals surface area contributed by atoms with E-state index in [2.05, 4.69) is 27.3 Å². The number of hydrogen-bond acceptors (Lipinski definition) is 5. The van der Waals surface area contributed by atoms with E-state index >= 15 is 0 Å². The Balaban J connectivity index is 1.22. The van der Waals surface area contributed by atoms with Crippen molar-refractivity contribution in [2.45, 2.75) is 31.7 Å².